The van der Waals surface area contributed by atoms with Gasteiger partial charge in [0.15, 0.2) is 5.65 Å². The second kappa shape index (κ2) is 7.85. The quantitative estimate of drug-likeness (QED) is 0.646. The van der Waals surface area contributed by atoms with Crippen molar-refractivity contribution in [1.82, 2.24) is 20.1 Å². The molecule has 8 nitrogen and oxygen atoms in total. The minimum atomic E-state index is -0.485. The van der Waals surface area contributed by atoms with E-state index in [9.17, 15) is 4.79 Å². The van der Waals surface area contributed by atoms with Gasteiger partial charge in [0, 0.05) is 35.3 Å². The number of nitrogens with zero attached hydrogens (tertiary/aromatic N) is 3. The van der Waals surface area contributed by atoms with Gasteiger partial charge >= 0.3 is 0 Å². The van der Waals surface area contributed by atoms with E-state index in [1.165, 1.54) is 0 Å². The van der Waals surface area contributed by atoms with E-state index in [-0.39, 0.29) is 5.91 Å². The minimum Gasteiger partial charge on any atom is -0.497 e. The van der Waals surface area contributed by atoms with E-state index >= 15 is 0 Å². The maximum Gasteiger partial charge on any atom is 0.253 e. The molecule has 0 radical (unpaired) electrons. The summed E-state index contributed by atoms with van der Waals surface area (Å²) in [6, 6.07) is 7.41. The Bertz CT molecular complexity index is 997. The van der Waals surface area contributed by atoms with Crippen LogP contribution in [0.1, 0.15) is 29.8 Å². The maximum absolute atomic E-state index is 12.4. The van der Waals surface area contributed by atoms with Crippen molar-refractivity contribution in [3.63, 3.8) is 0 Å². The average Bonchev–Trinajstić information content (AvgIpc) is 3.10. The summed E-state index contributed by atoms with van der Waals surface area (Å²) in [5, 5.41) is 8.10. The van der Waals surface area contributed by atoms with E-state index in [4.69, 9.17) is 15.2 Å². The van der Waals surface area contributed by atoms with Crippen molar-refractivity contribution < 1.29 is 14.3 Å². The number of carbonyl (C=O) groups excluding carboxylic acids is 1. The highest BCUT2D eigenvalue weighted by atomic mass is 16.5. The van der Waals surface area contributed by atoms with Gasteiger partial charge in [0.25, 0.3) is 5.91 Å². The molecule has 0 spiro atoms. The van der Waals surface area contributed by atoms with Crippen LogP contribution in [0.4, 0.5) is 0 Å². The molecule has 0 aliphatic heterocycles. The van der Waals surface area contributed by atoms with Gasteiger partial charge < -0.3 is 20.5 Å². The molecular formula is C20H25N5O3. The summed E-state index contributed by atoms with van der Waals surface area (Å²) in [7, 11) is 3.23. The highest BCUT2D eigenvalue weighted by molar-refractivity contribution is 5.97. The summed E-state index contributed by atoms with van der Waals surface area (Å²) >= 11 is 0. The van der Waals surface area contributed by atoms with Crippen molar-refractivity contribution in [2.45, 2.75) is 25.9 Å². The Hall–Kier alpha value is -3.13. The summed E-state index contributed by atoms with van der Waals surface area (Å²) in [6.45, 7) is 4.57. The monoisotopic (exact) mass is 383 g/mol. The van der Waals surface area contributed by atoms with Crippen molar-refractivity contribution in [2.24, 2.45) is 5.73 Å². The van der Waals surface area contributed by atoms with Crippen LogP contribution in [-0.4, -0.2) is 47.0 Å². The van der Waals surface area contributed by atoms with Crippen molar-refractivity contribution in [3.8, 4) is 11.5 Å². The zero-order valence-electron chi connectivity index (χ0n) is 16.5. The second-order valence-corrected chi connectivity index (χ2v) is 7.16. The first kappa shape index (κ1) is 19.6. The lowest BCUT2D eigenvalue weighted by atomic mass is 10.1. The Balaban J connectivity index is 1.86. The molecule has 148 valence electrons. The van der Waals surface area contributed by atoms with Gasteiger partial charge in [-0.15, -0.1) is 0 Å². The molecule has 1 aromatic carbocycles. The number of rotatable bonds is 7. The lowest BCUT2D eigenvalue weighted by Crippen LogP contribution is -2.48. The number of nitrogens with one attached hydrogen (secondary N) is 1. The molecule has 0 saturated carbocycles. The molecule has 0 aliphatic rings. The fourth-order valence-electron chi connectivity index (χ4n) is 2.79. The number of pyridine rings is 1. The fraction of sp³-hybridized carbons (Fsp3) is 0.350. The lowest BCUT2D eigenvalue weighted by Gasteiger charge is -2.24. The van der Waals surface area contributed by atoms with Gasteiger partial charge in [-0.1, -0.05) is 0 Å². The van der Waals surface area contributed by atoms with Crippen LogP contribution >= 0.6 is 0 Å². The summed E-state index contributed by atoms with van der Waals surface area (Å²) in [5.41, 5.74) is 7.30. The van der Waals surface area contributed by atoms with Crippen LogP contribution < -0.4 is 20.5 Å². The summed E-state index contributed by atoms with van der Waals surface area (Å²) < 4.78 is 12.5. The number of amides is 1. The fourth-order valence-corrected chi connectivity index (χ4v) is 2.79. The second-order valence-electron chi connectivity index (χ2n) is 7.16. The Morgan fingerprint density at radius 2 is 2.00 bits per heavy atom. The third-order valence-electron chi connectivity index (χ3n) is 4.51. The van der Waals surface area contributed by atoms with E-state index < -0.39 is 5.54 Å². The van der Waals surface area contributed by atoms with Crippen LogP contribution in [0.5, 0.6) is 11.5 Å². The number of hydrogen-bond donors (Lipinski definition) is 2. The van der Waals surface area contributed by atoms with Gasteiger partial charge in [0.2, 0.25) is 0 Å². The smallest absolute Gasteiger partial charge is 0.253 e. The number of carbonyl (C=O) groups is 1. The first-order chi connectivity index (χ1) is 13.4. The van der Waals surface area contributed by atoms with Gasteiger partial charge in [-0.25, -0.2) is 9.67 Å². The van der Waals surface area contributed by atoms with Gasteiger partial charge in [-0.05, 0) is 32.0 Å². The van der Waals surface area contributed by atoms with E-state index in [1.54, 1.807) is 37.4 Å². The largest absolute Gasteiger partial charge is 0.497 e. The minimum absolute atomic E-state index is 0.213. The maximum atomic E-state index is 12.4. The van der Waals surface area contributed by atoms with Gasteiger partial charge in [0.1, 0.15) is 11.5 Å². The number of aromatic nitrogens is 3. The number of hydrogen-bond acceptors (Lipinski definition) is 6. The molecule has 3 N–H and O–H groups in total. The SMILES string of the molecule is COc1ccc(Cn2ncc3cc(C(=O)NC(C)(C)CN)cnc32)c(OC)c1. The molecule has 0 fully saturated rings. The lowest BCUT2D eigenvalue weighted by molar-refractivity contribution is 0.0915. The summed E-state index contributed by atoms with van der Waals surface area (Å²) in [6.07, 6.45) is 3.25. The van der Waals surface area contributed by atoms with Crippen LogP contribution in [0.2, 0.25) is 0 Å². The van der Waals surface area contributed by atoms with Crippen molar-refractivity contribution >= 4 is 16.9 Å². The predicted octanol–water partition coefficient (Wildman–Crippen LogP) is 1.96. The molecule has 0 aliphatic carbocycles. The van der Waals surface area contributed by atoms with Crippen LogP contribution in [0.3, 0.4) is 0 Å². The van der Waals surface area contributed by atoms with E-state index in [1.807, 2.05) is 32.0 Å². The van der Waals surface area contributed by atoms with Crippen LogP contribution in [0, 0.1) is 0 Å². The highest BCUT2D eigenvalue weighted by Gasteiger charge is 2.20. The molecule has 28 heavy (non-hydrogen) atoms. The van der Waals surface area contributed by atoms with Gasteiger partial charge in [0.05, 0.1) is 32.5 Å². The molecule has 8 heteroatoms. The van der Waals surface area contributed by atoms with E-state index in [0.717, 1.165) is 16.7 Å². The van der Waals surface area contributed by atoms with Gasteiger partial charge in [-0.3, -0.25) is 4.79 Å². The van der Waals surface area contributed by atoms with Crippen LogP contribution in [-0.2, 0) is 6.54 Å². The Morgan fingerprint density at radius 1 is 1.21 bits per heavy atom. The third-order valence-corrected chi connectivity index (χ3v) is 4.51. The molecule has 0 bridgehead atoms. The first-order valence-corrected chi connectivity index (χ1v) is 8.92. The standard InChI is InChI=1S/C20H25N5O3/c1-20(2,12-21)24-19(26)15-7-14-10-23-25(18(14)22-9-15)11-13-5-6-16(27-3)8-17(13)28-4/h5-10H,11-12,21H2,1-4H3,(H,24,26). The molecule has 1 amide bonds. The topological polar surface area (TPSA) is 104 Å². The Kier molecular flexibility index (Phi) is 5.51. The number of ether oxygens (including phenoxy) is 2. The van der Waals surface area contributed by atoms with Crippen molar-refractivity contribution in [3.05, 3.63) is 47.8 Å². The third kappa shape index (κ3) is 4.07. The van der Waals surface area contributed by atoms with E-state index in [0.29, 0.717) is 30.0 Å². The number of methoxy groups -OCH3 is 2. The Labute approximate surface area is 163 Å². The number of nitrogens with two attached hydrogens (primary N) is 1. The van der Waals surface area contributed by atoms with Crippen LogP contribution in [0.25, 0.3) is 11.0 Å². The summed E-state index contributed by atoms with van der Waals surface area (Å²) in [4.78, 5) is 16.9. The predicted molar refractivity (Wildman–Crippen MR) is 107 cm³/mol. The number of benzene rings is 1. The van der Waals surface area contributed by atoms with E-state index in [2.05, 4.69) is 15.4 Å². The molecule has 3 aromatic rings. The molecule has 2 heterocycles. The zero-order chi connectivity index (χ0) is 20.3. The van der Waals surface area contributed by atoms with Crippen molar-refractivity contribution in [1.29, 1.82) is 0 Å². The molecule has 0 saturated heterocycles. The average molecular weight is 383 g/mol. The van der Waals surface area contributed by atoms with Gasteiger partial charge in [-0.2, -0.15) is 5.10 Å². The summed E-state index contributed by atoms with van der Waals surface area (Å²) in [5.74, 6) is 1.22. The normalized spacial score (nSPS) is 11.5. The van der Waals surface area contributed by atoms with Crippen molar-refractivity contribution in [2.75, 3.05) is 20.8 Å². The molecule has 3 rings (SSSR count). The zero-order valence-corrected chi connectivity index (χ0v) is 16.5. The molecular weight excluding hydrogens is 358 g/mol. The molecule has 0 atom stereocenters. The Morgan fingerprint density at radius 3 is 2.68 bits per heavy atom. The number of fused-ring (bicyclic) bond motifs is 1. The molecule has 0 unspecified atom stereocenters. The molecule has 2 aromatic heterocycles. The first-order valence-electron chi connectivity index (χ1n) is 8.92. The van der Waals surface area contributed by atoms with Crippen LogP contribution in [0.15, 0.2) is 36.7 Å². The highest BCUT2D eigenvalue weighted by Crippen LogP contribution is 2.26.